The standard InChI is InChI=1S/C25H26N5O6P/c1-3-5-9-20-29-22-23(30(20)14-16-7-6-8-19(31)24(16)36-37(33,34)35)17-12-15(13-27-21(32)4-2)10-11-18(17)28-25(22)26/h2,6-8,10-12,31H,3,5,9,13-14H2,1H3,(H2,26,28)(H,27,32)(H2,33,34,35). The number of nitrogen functional groups attached to an aromatic ring is 1. The highest BCUT2D eigenvalue weighted by molar-refractivity contribution is 7.46. The topological polar surface area (TPSA) is 173 Å². The molecule has 4 aromatic rings. The van der Waals surface area contributed by atoms with Crippen molar-refractivity contribution in [3.63, 3.8) is 0 Å². The van der Waals surface area contributed by atoms with Crippen LogP contribution < -0.4 is 15.6 Å². The number of carbonyl (C=O) groups excluding carboxylic acids is 1. The number of phenols is 1. The number of imidazole rings is 1. The summed E-state index contributed by atoms with van der Waals surface area (Å²) in [6.45, 7) is 2.33. The maximum absolute atomic E-state index is 11.6. The van der Waals surface area contributed by atoms with E-state index in [1.165, 1.54) is 6.07 Å². The van der Waals surface area contributed by atoms with E-state index >= 15 is 0 Å². The van der Waals surface area contributed by atoms with Crippen LogP contribution in [-0.2, 0) is 28.9 Å². The van der Waals surface area contributed by atoms with Crippen molar-refractivity contribution in [2.45, 2.75) is 39.3 Å². The number of phosphoric ester groups is 1. The Morgan fingerprint density at radius 1 is 1.27 bits per heavy atom. The van der Waals surface area contributed by atoms with E-state index in [4.69, 9.17) is 21.7 Å². The number of fused-ring (bicyclic) bond motifs is 3. The Bertz CT molecular complexity index is 1590. The third-order valence-electron chi connectivity index (χ3n) is 5.80. The number of nitrogens with zero attached hydrogens (tertiary/aromatic N) is 3. The molecule has 0 unspecified atom stereocenters. The summed E-state index contributed by atoms with van der Waals surface area (Å²) in [7, 11) is -4.94. The van der Waals surface area contributed by atoms with Gasteiger partial charge in [0.1, 0.15) is 11.3 Å². The van der Waals surface area contributed by atoms with Crippen LogP contribution in [0.25, 0.3) is 21.9 Å². The van der Waals surface area contributed by atoms with E-state index in [2.05, 4.69) is 17.2 Å². The van der Waals surface area contributed by atoms with Gasteiger partial charge >= 0.3 is 7.82 Å². The van der Waals surface area contributed by atoms with Gasteiger partial charge in [0.05, 0.1) is 17.6 Å². The smallest absolute Gasteiger partial charge is 0.504 e. The first-order valence-electron chi connectivity index (χ1n) is 11.5. The highest BCUT2D eigenvalue weighted by atomic mass is 31.2. The minimum Gasteiger partial charge on any atom is -0.504 e. The average molecular weight is 523 g/mol. The summed E-state index contributed by atoms with van der Waals surface area (Å²) >= 11 is 0. The summed E-state index contributed by atoms with van der Waals surface area (Å²) in [6.07, 6.45) is 7.50. The van der Waals surface area contributed by atoms with Crippen molar-refractivity contribution in [2.75, 3.05) is 5.73 Å². The molecule has 37 heavy (non-hydrogen) atoms. The number of terminal acetylenes is 1. The first kappa shape index (κ1) is 26.0. The molecule has 0 aliphatic carbocycles. The number of phosphoric acid groups is 1. The van der Waals surface area contributed by atoms with Crippen LogP contribution in [0.5, 0.6) is 11.5 Å². The zero-order valence-electron chi connectivity index (χ0n) is 20.0. The van der Waals surface area contributed by atoms with Gasteiger partial charge in [-0.05, 0) is 36.1 Å². The molecule has 2 heterocycles. The van der Waals surface area contributed by atoms with Gasteiger partial charge in [0.25, 0.3) is 5.91 Å². The molecule has 12 heteroatoms. The van der Waals surface area contributed by atoms with Gasteiger partial charge in [-0.1, -0.05) is 31.5 Å². The molecule has 0 saturated carbocycles. The number of hydrogen-bond acceptors (Lipinski definition) is 7. The number of carbonyl (C=O) groups is 1. The number of aromatic nitrogens is 3. The van der Waals surface area contributed by atoms with E-state index in [-0.39, 0.29) is 24.7 Å². The molecule has 0 atom stereocenters. The Kier molecular flexibility index (Phi) is 7.36. The number of rotatable bonds is 9. The van der Waals surface area contributed by atoms with E-state index in [0.717, 1.165) is 18.4 Å². The zero-order valence-corrected chi connectivity index (χ0v) is 20.9. The van der Waals surface area contributed by atoms with Gasteiger partial charge in [-0.2, -0.15) is 0 Å². The molecule has 0 spiro atoms. The predicted octanol–water partition coefficient (Wildman–Crippen LogP) is 2.98. The van der Waals surface area contributed by atoms with Gasteiger partial charge in [-0.15, -0.1) is 6.42 Å². The fourth-order valence-electron chi connectivity index (χ4n) is 4.13. The monoisotopic (exact) mass is 523 g/mol. The second-order valence-electron chi connectivity index (χ2n) is 8.44. The minimum atomic E-state index is -4.94. The van der Waals surface area contributed by atoms with Crippen molar-refractivity contribution in [3.8, 4) is 23.8 Å². The van der Waals surface area contributed by atoms with E-state index < -0.39 is 19.5 Å². The number of phenolic OH excluding ortho intramolecular Hbond substituents is 1. The van der Waals surface area contributed by atoms with Crippen molar-refractivity contribution in [1.82, 2.24) is 19.9 Å². The molecule has 6 N–H and O–H groups in total. The molecule has 0 aliphatic heterocycles. The van der Waals surface area contributed by atoms with Crippen LogP contribution in [0.1, 0.15) is 36.7 Å². The van der Waals surface area contributed by atoms with Crippen LogP contribution in [-0.4, -0.2) is 35.3 Å². The molecule has 0 aliphatic rings. The molecule has 11 nitrogen and oxygen atoms in total. The summed E-state index contributed by atoms with van der Waals surface area (Å²) < 4.78 is 18.3. The first-order chi connectivity index (χ1) is 17.6. The molecule has 0 fully saturated rings. The van der Waals surface area contributed by atoms with Gasteiger partial charge in [-0.25, -0.2) is 14.5 Å². The van der Waals surface area contributed by atoms with Crippen LogP contribution >= 0.6 is 7.82 Å². The van der Waals surface area contributed by atoms with Crippen LogP contribution in [0.3, 0.4) is 0 Å². The Morgan fingerprint density at radius 2 is 2.05 bits per heavy atom. The van der Waals surface area contributed by atoms with Crippen molar-refractivity contribution in [2.24, 2.45) is 0 Å². The number of anilines is 1. The van der Waals surface area contributed by atoms with Gasteiger partial charge in [0.2, 0.25) is 0 Å². The van der Waals surface area contributed by atoms with Crippen LogP contribution in [0.2, 0.25) is 0 Å². The Labute approximate surface area is 212 Å². The van der Waals surface area contributed by atoms with Crippen molar-refractivity contribution < 1.29 is 28.8 Å². The highest BCUT2D eigenvalue weighted by Gasteiger charge is 2.24. The molecule has 0 saturated heterocycles. The molecule has 2 aromatic carbocycles. The fraction of sp³-hybridized carbons (Fsp3) is 0.240. The lowest BCUT2D eigenvalue weighted by molar-refractivity contribution is -0.115. The largest absolute Gasteiger partial charge is 0.524 e. The van der Waals surface area contributed by atoms with E-state index in [9.17, 15) is 24.3 Å². The number of nitrogens with two attached hydrogens (primary N) is 1. The zero-order chi connectivity index (χ0) is 26.7. The number of para-hydroxylation sites is 1. The number of benzene rings is 2. The molecule has 2 aromatic heterocycles. The SMILES string of the molecule is C#CC(=O)NCc1ccc2nc(N)c3nc(CCCC)n(Cc4cccc(O)c4OP(=O)(O)O)c3c2c1. The van der Waals surface area contributed by atoms with E-state index in [1.54, 1.807) is 24.3 Å². The third-order valence-corrected chi connectivity index (χ3v) is 6.22. The summed E-state index contributed by atoms with van der Waals surface area (Å²) in [5.41, 5.74) is 9.12. The number of unbranched alkanes of at least 4 members (excludes halogenated alkanes) is 1. The lowest BCUT2D eigenvalue weighted by Gasteiger charge is -2.16. The maximum Gasteiger partial charge on any atom is 0.524 e. The third kappa shape index (κ3) is 5.67. The van der Waals surface area contributed by atoms with E-state index in [0.29, 0.717) is 39.7 Å². The van der Waals surface area contributed by atoms with Crippen LogP contribution in [0.15, 0.2) is 36.4 Å². The number of nitrogens with one attached hydrogen (secondary N) is 1. The number of pyridine rings is 1. The number of hydrogen-bond donors (Lipinski definition) is 5. The normalized spacial score (nSPS) is 11.5. The van der Waals surface area contributed by atoms with Crippen molar-refractivity contribution in [1.29, 1.82) is 0 Å². The number of aryl methyl sites for hydroxylation is 1. The molecule has 0 bridgehead atoms. The molecule has 1 amide bonds. The second kappa shape index (κ2) is 10.5. The van der Waals surface area contributed by atoms with E-state index in [1.807, 2.05) is 16.6 Å². The number of amides is 1. The molecule has 192 valence electrons. The highest BCUT2D eigenvalue weighted by Crippen LogP contribution is 2.44. The Balaban J connectivity index is 1.93. The quantitative estimate of drug-likeness (QED) is 0.163. The lowest BCUT2D eigenvalue weighted by Crippen LogP contribution is -2.20. The van der Waals surface area contributed by atoms with Gasteiger partial charge in [-0.3, -0.25) is 14.6 Å². The van der Waals surface area contributed by atoms with Gasteiger partial charge < -0.3 is 25.2 Å². The summed E-state index contributed by atoms with van der Waals surface area (Å²) in [6, 6.07) is 9.89. The predicted molar refractivity (Wildman–Crippen MR) is 139 cm³/mol. The fourth-order valence-corrected chi connectivity index (χ4v) is 4.58. The van der Waals surface area contributed by atoms with Crippen LogP contribution in [0.4, 0.5) is 5.82 Å². The van der Waals surface area contributed by atoms with Crippen molar-refractivity contribution in [3.05, 3.63) is 53.3 Å². The van der Waals surface area contributed by atoms with Gasteiger partial charge in [0.15, 0.2) is 17.3 Å². The second-order valence-corrected chi connectivity index (χ2v) is 9.60. The molecular formula is C25H26N5O6P. The lowest BCUT2D eigenvalue weighted by atomic mass is 10.1. The molecule has 4 rings (SSSR count). The average Bonchev–Trinajstić information content (AvgIpc) is 3.21. The van der Waals surface area contributed by atoms with Crippen molar-refractivity contribution >= 4 is 41.5 Å². The van der Waals surface area contributed by atoms with Gasteiger partial charge in [0, 0.05) is 23.9 Å². The maximum atomic E-state index is 11.6. The Morgan fingerprint density at radius 3 is 2.76 bits per heavy atom. The number of aromatic hydroxyl groups is 1. The molecular weight excluding hydrogens is 497 g/mol. The Hall–Kier alpha value is -4.10. The summed E-state index contributed by atoms with van der Waals surface area (Å²) in [5, 5.41) is 13.7. The van der Waals surface area contributed by atoms with Crippen LogP contribution in [0, 0.1) is 12.3 Å². The summed E-state index contributed by atoms with van der Waals surface area (Å²) in [5.74, 6) is 1.68. The molecule has 0 radical (unpaired) electrons. The summed E-state index contributed by atoms with van der Waals surface area (Å²) in [4.78, 5) is 39.6. The first-order valence-corrected chi connectivity index (χ1v) is 13.0. The minimum absolute atomic E-state index is 0.0793.